The molecule has 0 spiro atoms. The van der Waals surface area contributed by atoms with E-state index >= 15 is 0 Å². The molecule has 1 aromatic carbocycles. The third-order valence-corrected chi connectivity index (χ3v) is 5.89. The maximum atomic E-state index is 13.3. The molecule has 0 radical (unpaired) electrons. The molecule has 2 aromatic rings. The first-order chi connectivity index (χ1) is 13.8. The third kappa shape index (κ3) is 5.36. The molecule has 0 saturated heterocycles. The van der Waals surface area contributed by atoms with Crippen molar-refractivity contribution in [3.63, 3.8) is 0 Å². The van der Waals surface area contributed by atoms with Gasteiger partial charge >= 0.3 is 6.09 Å². The first-order valence-corrected chi connectivity index (χ1v) is 10.4. The van der Waals surface area contributed by atoms with Crippen LogP contribution in [0.5, 0.6) is 0 Å². The third-order valence-electron chi connectivity index (χ3n) is 5.64. The topological polar surface area (TPSA) is 82.3 Å². The zero-order chi connectivity index (χ0) is 21.0. The molecule has 1 aliphatic rings. The van der Waals surface area contributed by atoms with Crippen molar-refractivity contribution < 1.29 is 14.3 Å². The molecule has 1 amide bonds. The molecule has 1 heterocycles. The number of nitrogens with two attached hydrogens (primary N) is 1. The van der Waals surface area contributed by atoms with Crippen molar-refractivity contribution in [2.45, 2.75) is 58.0 Å². The van der Waals surface area contributed by atoms with Gasteiger partial charge in [0, 0.05) is 10.9 Å². The molecule has 2 N–H and O–H groups in total. The Morgan fingerprint density at radius 3 is 2.34 bits per heavy atom. The van der Waals surface area contributed by atoms with Crippen LogP contribution in [0.4, 0.5) is 4.79 Å². The summed E-state index contributed by atoms with van der Waals surface area (Å²) in [6, 6.07) is 11.7. The second-order valence-electron chi connectivity index (χ2n) is 7.97. The number of hydrogen-bond acceptors (Lipinski definition) is 4. The summed E-state index contributed by atoms with van der Waals surface area (Å²) >= 11 is 5.99. The van der Waals surface area contributed by atoms with Crippen LogP contribution in [0.2, 0.25) is 5.02 Å². The monoisotopic (exact) mass is 414 g/mol. The molecule has 0 aliphatic heterocycles. The predicted molar refractivity (Wildman–Crippen MR) is 113 cm³/mol. The Kier molecular flexibility index (Phi) is 6.91. The van der Waals surface area contributed by atoms with E-state index in [1.807, 2.05) is 32.0 Å². The maximum Gasteiger partial charge on any atom is 0.404 e. The fraction of sp³-hybridized carbons (Fsp3) is 0.435. The highest BCUT2D eigenvalue weighted by molar-refractivity contribution is 6.30. The van der Waals surface area contributed by atoms with Gasteiger partial charge in [-0.25, -0.2) is 9.78 Å². The fourth-order valence-corrected chi connectivity index (χ4v) is 4.14. The summed E-state index contributed by atoms with van der Waals surface area (Å²) in [5.41, 5.74) is 8.29. The van der Waals surface area contributed by atoms with Crippen LogP contribution in [-0.2, 0) is 11.3 Å². The van der Waals surface area contributed by atoms with Crippen LogP contribution in [0.25, 0.3) is 0 Å². The average Bonchev–Trinajstić information content (AvgIpc) is 2.72. The van der Waals surface area contributed by atoms with Crippen LogP contribution in [0.3, 0.4) is 0 Å². The predicted octanol–water partition coefficient (Wildman–Crippen LogP) is 5.61. The summed E-state index contributed by atoms with van der Waals surface area (Å²) in [5, 5.41) is 0.741. The number of nitrogens with zero attached hydrogens (tertiary/aromatic N) is 1. The molecule has 0 unspecified atom stereocenters. The minimum atomic E-state index is -0.854. The molecular weight excluding hydrogens is 388 g/mol. The zero-order valence-electron chi connectivity index (χ0n) is 16.9. The Bertz CT molecular complexity index is 872. The lowest BCUT2D eigenvalue weighted by atomic mass is 9.76. The van der Waals surface area contributed by atoms with E-state index in [4.69, 9.17) is 22.1 Å². The molecule has 0 atom stereocenters. The number of halogens is 1. The molecule has 3 rings (SSSR count). The van der Waals surface area contributed by atoms with Crippen LogP contribution in [0.1, 0.15) is 78.7 Å². The lowest BCUT2D eigenvalue weighted by Gasteiger charge is -2.28. The molecule has 5 nitrogen and oxygen atoms in total. The standard InChI is InChI=1S/C23H27ClN2O3/c1-14(2)20-12-11-19(13-29-23(25)28)26-21(20)22(27)17-5-3-15(4-6-17)16-7-9-18(24)10-8-16/h7-12,14-15,17H,3-6,13H2,1-2H3,(H2,25,28). The van der Waals surface area contributed by atoms with Crippen molar-refractivity contribution in [2.24, 2.45) is 11.7 Å². The minimum Gasteiger partial charge on any atom is -0.443 e. The van der Waals surface area contributed by atoms with E-state index in [1.165, 1.54) is 5.56 Å². The molecule has 1 fully saturated rings. The van der Waals surface area contributed by atoms with Gasteiger partial charge in [-0.05, 0) is 66.8 Å². The van der Waals surface area contributed by atoms with Gasteiger partial charge in [-0.15, -0.1) is 0 Å². The second-order valence-corrected chi connectivity index (χ2v) is 8.40. The molecule has 0 bridgehead atoms. The highest BCUT2D eigenvalue weighted by Crippen LogP contribution is 2.38. The number of ether oxygens (including phenoxy) is 1. The lowest BCUT2D eigenvalue weighted by Crippen LogP contribution is -2.24. The van der Waals surface area contributed by atoms with Crippen molar-refractivity contribution in [1.82, 2.24) is 4.98 Å². The van der Waals surface area contributed by atoms with Gasteiger partial charge in [0.1, 0.15) is 12.3 Å². The summed E-state index contributed by atoms with van der Waals surface area (Å²) in [5.74, 6) is 0.696. The normalized spacial score (nSPS) is 19.2. The average molecular weight is 415 g/mol. The van der Waals surface area contributed by atoms with Crippen molar-refractivity contribution in [3.05, 3.63) is 63.9 Å². The number of hydrogen-bond donors (Lipinski definition) is 1. The smallest absolute Gasteiger partial charge is 0.404 e. The molecule has 1 saturated carbocycles. The van der Waals surface area contributed by atoms with Crippen LogP contribution in [0, 0.1) is 5.92 Å². The maximum absolute atomic E-state index is 13.3. The lowest BCUT2D eigenvalue weighted by molar-refractivity contribution is 0.0876. The van der Waals surface area contributed by atoms with Crippen LogP contribution in [0.15, 0.2) is 36.4 Å². The molecular formula is C23H27ClN2O3. The van der Waals surface area contributed by atoms with Crippen molar-refractivity contribution in [3.8, 4) is 0 Å². The van der Waals surface area contributed by atoms with E-state index in [0.29, 0.717) is 17.3 Å². The van der Waals surface area contributed by atoms with E-state index in [1.54, 1.807) is 6.07 Å². The van der Waals surface area contributed by atoms with Gasteiger partial charge < -0.3 is 10.5 Å². The molecule has 1 aliphatic carbocycles. The van der Waals surface area contributed by atoms with Crippen molar-refractivity contribution in [2.75, 3.05) is 0 Å². The molecule has 6 heteroatoms. The van der Waals surface area contributed by atoms with Gasteiger partial charge in [-0.3, -0.25) is 4.79 Å². The SMILES string of the molecule is CC(C)c1ccc(COC(N)=O)nc1C(=O)C1CCC(c2ccc(Cl)cc2)CC1. The van der Waals surface area contributed by atoms with Crippen molar-refractivity contribution in [1.29, 1.82) is 0 Å². The largest absolute Gasteiger partial charge is 0.443 e. The van der Waals surface area contributed by atoms with Gasteiger partial charge in [0.2, 0.25) is 0 Å². The van der Waals surface area contributed by atoms with Gasteiger partial charge in [0.05, 0.1) is 5.69 Å². The highest BCUT2D eigenvalue weighted by Gasteiger charge is 2.30. The van der Waals surface area contributed by atoms with E-state index in [0.717, 1.165) is 36.3 Å². The Hall–Kier alpha value is -2.40. The second kappa shape index (κ2) is 9.40. The van der Waals surface area contributed by atoms with Gasteiger partial charge in [0.15, 0.2) is 5.78 Å². The first kappa shape index (κ1) is 21.3. The van der Waals surface area contributed by atoms with Crippen molar-refractivity contribution >= 4 is 23.5 Å². The number of Topliss-reactive ketones (excluding diaryl/α,β-unsaturated/α-hetero) is 1. The molecule has 154 valence electrons. The van der Waals surface area contributed by atoms with E-state index in [9.17, 15) is 9.59 Å². The number of benzene rings is 1. The Morgan fingerprint density at radius 1 is 1.10 bits per heavy atom. The first-order valence-electron chi connectivity index (χ1n) is 10.1. The summed E-state index contributed by atoms with van der Waals surface area (Å²) in [6.45, 7) is 4.06. The van der Waals surface area contributed by atoms with Crippen LogP contribution in [-0.4, -0.2) is 16.9 Å². The number of pyridine rings is 1. The van der Waals surface area contributed by atoms with Gasteiger partial charge in [-0.1, -0.05) is 43.6 Å². The van der Waals surface area contributed by atoms with Crippen LogP contribution >= 0.6 is 11.6 Å². The van der Waals surface area contributed by atoms with E-state index in [-0.39, 0.29) is 24.2 Å². The summed E-state index contributed by atoms with van der Waals surface area (Å²) in [6.07, 6.45) is 2.77. The Balaban J connectivity index is 1.73. The summed E-state index contributed by atoms with van der Waals surface area (Å²) in [7, 11) is 0. The van der Waals surface area contributed by atoms with E-state index in [2.05, 4.69) is 17.1 Å². The number of amides is 1. The number of ketones is 1. The number of carbonyl (C=O) groups is 2. The molecule has 29 heavy (non-hydrogen) atoms. The van der Waals surface area contributed by atoms with Gasteiger partial charge in [-0.2, -0.15) is 0 Å². The quantitative estimate of drug-likeness (QED) is 0.622. The number of primary amides is 1. The highest BCUT2D eigenvalue weighted by atomic mass is 35.5. The van der Waals surface area contributed by atoms with E-state index < -0.39 is 6.09 Å². The number of carbonyl (C=O) groups excluding carboxylic acids is 2. The number of aromatic nitrogens is 1. The Morgan fingerprint density at radius 2 is 1.76 bits per heavy atom. The molecule has 1 aromatic heterocycles. The summed E-state index contributed by atoms with van der Waals surface area (Å²) in [4.78, 5) is 28.7. The summed E-state index contributed by atoms with van der Waals surface area (Å²) < 4.78 is 4.84. The van der Waals surface area contributed by atoms with Gasteiger partial charge in [0.25, 0.3) is 0 Å². The fourth-order valence-electron chi connectivity index (χ4n) is 4.02. The zero-order valence-corrected chi connectivity index (χ0v) is 17.6. The van der Waals surface area contributed by atoms with Crippen LogP contribution < -0.4 is 5.73 Å². The number of rotatable bonds is 6. The Labute approximate surface area is 176 Å². The minimum absolute atomic E-state index is 0.0305.